The highest BCUT2D eigenvalue weighted by atomic mass is 19.4. The van der Waals surface area contributed by atoms with E-state index in [1.165, 1.54) is 35.4 Å². The molecule has 38 heavy (non-hydrogen) atoms. The van der Waals surface area contributed by atoms with Crippen molar-refractivity contribution in [1.29, 1.82) is 0 Å². The van der Waals surface area contributed by atoms with E-state index in [-0.39, 0.29) is 29.6 Å². The molecule has 0 spiro atoms. The number of rotatable bonds is 5. The molecule has 2 amide bonds. The number of nitrogens with zero attached hydrogens (tertiary/aromatic N) is 5. The van der Waals surface area contributed by atoms with Gasteiger partial charge in [0.1, 0.15) is 5.69 Å². The first-order chi connectivity index (χ1) is 18.0. The number of nitrogens with two attached hydrogens (primary N) is 1. The summed E-state index contributed by atoms with van der Waals surface area (Å²) in [5.41, 5.74) is 5.23. The lowest BCUT2D eigenvalue weighted by Gasteiger charge is -2.36. The van der Waals surface area contributed by atoms with Crippen LogP contribution >= 0.6 is 0 Å². The van der Waals surface area contributed by atoms with Gasteiger partial charge in [-0.1, -0.05) is 5.16 Å². The van der Waals surface area contributed by atoms with Crippen LogP contribution in [0.1, 0.15) is 12.6 Å². The summed E-state index contributed by atoms with van der Waals surface area (Å²) in [6.07, 6.45) is -6.31. The second kappa shape index (κ2) is 9.42. The Morgan fingerprint density at radius 1 is 1.26 bits per heavy atom. The molecule has 1 aromatic carbocycles. The van der Waals surface area contributed by atoms with E-state index in [0.717, 1.165) is 16.9 Å². The van der Waals surface area contributed by atoms with Crippen LogP contribution in [0.3, 0.4) is 0 Å². The third-order valence-corrected chi connectivity index (χ3v) is 5.80. The normalized spacial score (nSPS) is 19.1. The molecule has 1 aliphatic rings. The van der Waals surface area contributed by atoms with Crippen LogP contribution in [0, 0.1) is 0 Å². The summed E-state index contributed by atoms with van der Waals surface area (Å²) in [6, 6.07) is 8.13. The number of hydrogen-bond donors (Lipinski definition) is 3. The molecule has 0 aliphatic carbocycles. The minimum Gasteiger partial charge on any atom is -0.380 e. The summed E-state index contributed by atoms with van der Waals surface area (Å²) in [4.78, 5) is 30.5. The lowest BCUT2D eigenvalue weighted by atomic mass is 10.1. The van der Waals surface area contributed by atoms with Crippen molar-refractivity contribution >= 4 is 40.1 Å². The van der Waals surface area contributed by atoms with Crippen LogP contribution in [-0.2, 0) is 20.5 Å². The number of hydrogen-bond acceptors (Lipinski definition) is 9. The first-order valence-electron chi connectivity index (χ1n) is 11.2. The molecule has 12 nitrogen and oxygen atoms in total. The smallest absolute Gasteiger partial charge is 0.380 e. The fraction of sp³-hybridized carbons (Fsp3) is 0.261. The van der Waals surface area contributed by atoms with Gasteiger partial charge in [0.15, 0.2) is 29.4 Å². The predicted octanol–water partition coefficient (Wildman–Crippen LogP) is 2.13. The molecular weight excluding hydrogens is 511 g/mol. The van der Waals surface area contributed by atoms with Gasteiger partial charge in [0.2, 0.25) is 0 Å². The van der Waals surface area contributed by atoms with Gasteiger partial charge in [-0.25, -0.2) is 4.68 Å². The van der Waals surface area contributed by atoms with Crippen LogP contribution in [0.5, 0.6) is 0 Å². The molecule has 0 radical (unpaired) electrons. The van der Waals surface area contributed by atoms with Crippen molar-refractivity contribution < 1.29 is 37.1 Å². The number of nitrogen functional groups attached to an aromatic ring is 1. The molecule has 198 valence electrons. The quantitative estimate of drug-likeness (QED) is 0.350. The number of aliphatic hydroxyl groups is 1. The zero-order valence-electron chi connectivity index (χ0n) is 19.6. The van der Waals surface area contributed by atoms with E-state index in [2.05, 4.69) is 20.6 Å². The fourth-order valence-corrected chi connectivity index (χ4v) is 3.98. The minimum absolute atomic E-state index is 0.0361. The predicted molar refractivity (Wildman–Crippen MR) is 126 cm³/mol. The second-order valence-corrected chi connectivity index (χ2v) is 8.54. The molecule has 3 atom stereocenters. The van der Waals surface area contributed by atoms with Crippen molar-refractivity contribution in [2.24, 2.45) is 0 Å². The molecule has 15 heteroatoms. The molecule has 4 aromatic rings. The van der Waals surface area contributed by atoms with Gasteiger partial charge in [0, 0.05) is 30.2 Å². The van der Waals surface area contributed by atoms with Gasteiger partial charge < -0.3 is 25.4 Å². The monoisotopic (exact) mass is 531 g/mol. The maximum atomic E-state index is 13.2. The number of nitrogens with one attached hydrogen (secondary N) is 1. The number of alkyl halides is 3. The fourth-order valence-electron chi connectivity index (χ4n) is 3.98. The number of halogens is 3. The van der Waals surface area contributed by atoms with Gasteiger partial charge in [-0.15, -0.1) is 5.10 Å². The van der Waals surface area contributed by atoms with E-state index in [0.29, 0.717) is 11.0 Å². The number of fused-ring (bicyclic) bond motifs is 1. The van der Waals surface area contributed by atoms with Crippen molar-refractivity contribution in [2.75, 3.05) is 22.5 Å². The van der Waals surface area contributed by atoms with E-state index in [4.69, 9.17) is 15.0 Å². The molecule has 5 rings (SSSR count). The van der Waals surface area contributed by atoms with Crippen LogP contribution in [0.2, 0.25) is 0 Å². The summed E-state index contributed by atoms with van der Waals surface area (Å²) in [5, 5.41) is 21.6. The molecule has 0 bridgehead atoms. The molecule has 1 saturated heterocycles. The third-order valence-electron chi connectivity index (χ3n) is 5.80. The third kappa shape index (κ3) is 4.76. The molecule has 3 aromatic heterocycles. The van der Waals surface area contributed by atoms with Gasteiger partial charge in [-0.05, 0) is 31.2 Å². The number of ether oxygens (including phenoxy) is 1. The number of carbonyl (C=O) groups is 2. The number of amides is 2. The van der Waals surface area contributed by atoms with Gasteiger partial charge in [0.05, 0.1) is 23.7 Å². The maximum absolute atomic E-state index is 13.2. The summed E-state index contributed by atoms with van der Waals surface area (Å²) in [6.45, 7) is 1.67. The SMILES string of the molecule is C[C@@H]1CN(c2ccn(-c3ccnc(C(F)(F)F)c3)n2)C(=O)[C@@H]([C@@H](O)C(=O)Nc2ccc3c(N)noc3c2)O1. The highest BCUT2D eigenvalue weighted by molar-refractivity contribution is 6.04. The van der Waals surface area contributed by atoms with Crippen LogP contribution in [-0.4, -0.2) is 61.7 Å². The molecule has 1 aliphatic heterocycles. The van der Waals surface area contributed by atoms with Gasteiger partial charge in [-0.2, -0.15) is 13.2 Å². The molecule has 1 fully saturated rings. The first-order valence-corrected chi connectivity index (χ1v) is 11.2. The highest BCUT2D eigenvalue weighted by Crippen LogP contribution is 2.29. The lowest BCUT2D eigenvalue weighted by molar-refractivity contribution is -0.156. The topological polar surface area (TPSA) is 162 Å². The van der Waals surface area contributed by atoms with Crippen LogP contribution in [0.4, 0.5) is 30.5 Å². The molecule has 4 heterocycles. The van der Waals surface area contributed by atoms with Crippen molar-refractivity contribution in [3.63, 3.8) is 0 Å². The van der Waals surface area contributed by atoms with Gasteiger partial charge in [-0.3, -0.25) is 19.5 Å². The Bertz CT molecular complexity index is 1520. The standard InChI is InChI=1S/C23H20F3N7O5/c1-11-10-32(17-5-7-33(30-17)13-4-6-28-16(9-13)23(24,25)26)22(36)19(37-11)18(34)21(35)29-12-2-3-14-15(8-12)38-31-20(14)27/h2-9,11,18-19,34H,10H2,1H3,(H2,27,31)(H,29,35)/t11-,18-,19-/m1/s1. The minimum atomic E-state index is -4.64. The second-order valence-electron chi connectivity index (χ2n) is 8.54. The Labute approximate surface area is 211 Å². The number of aliphatic hydroxyl groups excluding tert-OH is 1. The lowest BCUT2D eigenvalue weighted by Crippen LogP contribution is -2.58. The van der Waals surface area contributed by atoms with Crippen molar-refractivity contribution in [1.82, 2.24) is 19.9 Å². The average Bonchev–Trinajstić information content (AvgIpc) is 3.51. The van der Waals surface area contributed by atoms with Gasteiger partial charge in [0.25, 0.3) is 11.8 Å². The zero-order chi connectivity index (χ0) is 27.2. The Balaban J connectivity index is 1.33. The average molecular weight is 531 g/mol. The van der Waals surface area contributed by atoms with Crippen LogP contribution in [0.25, 0.3) is 16.7 Å². The van der Waals surface area contributed by atoms with Crippen molar-refractivity contribution in [2.45, 2.75) is 31.4 Å². The van der Waals surface area contributed by atoms with Crippen LogP contribution in [0.15, 0.2) is 53.3 Å². The number of carbonyl (C=O) groups excluding carboxylic acids is 2. The van der Waals surface area contributed by atoms with E-state index < -0.39 is 42.0 Å². The number of aromatic nitrogens is 4. The number of pyridine rings is 1. The Morgan fingerprint density at radius 2 is 2.05 bits per heavy atom. The first kappa shape index (κ1) is 25.2. The largest absolute Gasteiger partial charge is 0.433 e. The van der Waals surface area contributed by atoms with Crippen molar-refractivity contribution in [3.8, 4) is 5.69 Å². The highest BCUT2D eigenvalue weighted by Gasteiger charge is 2.42. The number of anilines is 3. The Morgan fingerprint density at radius 3 is 2.82 bits per heavy atom. The molecule has 4 N–H and O–H groups in total. The molecular formula is C23H20F3N7O5. The van der Waals surface area contributed by atoms with E-state index in [1.54, 1.807) is 13.0 Å². The number of benzene rings is 1. The van der Waals surface area contributed by atoms with E-state index in [9.17, 15) is 27.9 Å². The summed E-state index contributed by atoms with van der Waals surface area (Å²) in [5.74, 6) is -1.38. The maximum Gasteiger partial charge on any atom is 0.433 e. The number of morpholine rings is 1. The zero-order valence-corrected chi connectivity index (χ0v) is 19.6. The Hall–Kier alpha value is -4.50. The van der Waals surface area contributed by atoms with E-state index >= 15 is 0 Å². The van der Waals surface area contributed by atoms with Gasteiger partial charge >= 0.3 is 6.18 Å². The Kier molecular flexibility index (Phi) is 6.24. The molecule has 0 unspecified atom stereocenters. The summed E-state index contributed by atoms with van der Waals surface area (Å²) >= 11 is 0. The van der Waals surface area contributed by atoms with Crippen molar-refractivity contribution in [3.05, 3.63) is 54.5 Å². The summed E-state index contributed by atoms with van der Waals surface area (Å²) in [7, 11) is 0. The van der Waals surface area contributed by atoms with E-state index in [1.807, 2.05) is 0 Å². The summed E-state index contributed by atoms with van der Waals surface area (Å²) < 4.78 is 50.9. The molecule has 0 saturated carbocycles. The van der Waals surface area contributed by atoms with Crippen LogP contribution < -0.4 is 16.0 Å².